The molecule has 2 rings (SSSR count). The van der Waals surface area contributed by atoms with E-state index in [1.54, 1.807) is 32.9 Å². The van der Waals surface area contributed by atoms with Crippen LogP contribution in [0.15, 0.2) is 48.5 Å². The number of amides is 3. The molecule has 7 nitrogen and oxygen atoms in total. The molecule has 0 spiro atoms. The number of carbonyl (C=O) groups excluding carboxylic acids is 3. The van der Waals surface area contributed by atoms with Gasteiger partial charge in [0.2, 0.25) is 11.8 Å². The van der Waals surface area contributed by atoms with Crippen LogP contribution in [0.2, 0.25) is 0 Å². The summed E-state index contributed by atoms with van der Waals surface area (Å²) in [6.07, 6.45) is 0.470. The van der Waals surface area contributed by atoms with E-state index in [2.05, 4.69) is 16.0 Å². The Labute approximate surface area is 183 Å². The minimum absolute atomic E-state index is 0.0440. The molecule has 0 heterocycles. The Morgan fingerprint density at radius 1 is 0.903 bits per heavy atom. The molecule has 2 aromatic rings. The molecular weight excluding hydrogens is 394 g/mol. The van der Waals surface area contributed by atoms with Gasteiger partial charge in [0.25, 0.3) is 0 Å². The monoisotopic (exact) mass is 425 g/mol. The van der Waals surface area contributed by atoms with E-state index >= 15 is 0 Å². The van der Waals surface area contributed by atoms with Crippen molar-refractivity contribution in [2.24, 2.45) is 0 Å². The number of hydrogen-bond acceptors (Lipinski definition) is 4. The summed E-state index contributed by atoms with van der Waals surface area (Å²) in [5.41, 5.74) is 3.32. The molecule has 0 aliphatic heterocycles. The summed E-state index contributed by atoms with van der Waals surface area (Å²) < 4.78 is 5.08. The highest BCUT2D eigenvalue weighted by molar-refractivity contribution is 5.90. The average molecular weight is 426 g/mol. The third kappa shape index (κ3) is 9.33. The van der Waals surface area contributed by atoms with Crippen molar-refractivity contribution in [3.8, 4) is 0 Å². The molecule has 0 fully saturated rings. The second-order valence-electron chi connectivity index (χ2n) is 8.30. The van der Waals surface area contributed by atoms with Crippen LogP contribution in [-0.2, 0) is 27.3 Å². The van der Waals surface area contributed by atoms with Crippen LogP contribution in [0.3, 0.4) is 0 Å². The van der Waals surface area contributed by atoms with Gasteiger partial charge in [-0.1, -0.05) is 36.4 Å². The molecule has 31 heavy (non-hydrogen) atoms. The molecule has 166 valence electrons. The van der Waals surface area contributed by atoms with Crippen LogP contribution in [-0.4, -0.2) is 30.1 Å². The fourth-order valence-corrected chi connectivity index (χ4v) is 2.80. The summed E-state index contributed by atoms with van der Waals surface area (Å²) in [5, 5.41) is 8.02. The van der Waals surface area contributed by atoms with Crippen LogP contribution in [0, 0.1) is 6.92 Å². The molecule has 0 saturated carbocycles. The lowest BCUT2D eigenvalue weighted by molar-refractivity contribution is -0.120. The lowest BCUT2D eigenvalue weighted by Crippen LogP contribution is -2.39. The van der Waals surface area contributed by atoms with Crippen LogP contribution in [0.5, 0.6) is 0 Å². The Hall–Kier alpha value is -3.35. The van der Waals surface area contributed by atoms with Gasteiger partial charge in [-0.15, -0.1) is 0 Å². The first kappa shape index (κ1) is 23.9. The zero-order valence-corrected chi connectivity index (χ0v) is 18.6. The minimum Gasteiger partial charge on any atom is -0.444 e. The minimum atomic E-state index is -0.634. The van der Waals surface area contributed by atoms with Crippen molar-refractivity contribution in [3.63, 3.8) is 0 Å². The van der Waals surface area contributed by atoms with Gasteiger partial charge in [-0.2, -0.15) is 0 Å². The zero-order chi connectivity index (χ0) is 22.9. The molecule has 0 bridgehead atoms. The standard InChI is InChI=1S/C24H31N3O4/c1-17-7-5-6-8-19(17)11-14-21(28)27-20-12-9-18(10-13-20)15-25-22(29)16-26-23(30)31-24(2,3)4/h5-10,12-13H,11,14-16H2,1-4H3,(H,25,29)(H,26,30)(H,27,28). The highest BCUT2D eigenvalue weighted by Crippen LogP contribution is 2.13. The van der Waals surface area contributed by atoms with Gasteiger partial charge in [0.05, 0.1) is 0 Å². The van der Waals surface area contributed by atoms with Crippen molar-refractivity contribution in [1.29, 1.82) is 0 Å². The van der Waals surface area contributed by atoms with Crippen molar-refractivity contribution >= 4 is 23.6 Å². The van der Waals surface area contributed by atoms with E-state index in [0.717, 1.165) is 5.56 Å². The number of ether oxygens (including phenoxy) is 1. The highest BCUT2D eigenvalue weighted by Gasteiger charge is 2.16. The third-order valence-corrected chi connectivity index (χ3v) is 4.40. The zero-order valence-electron chi connectivity index (χ0n) is 18.6. The van der Waals surface area contributed by atoms with Crippen LogP contribution in [0.25, 0.3) is 0 Å². The Balaban J connectivity index is 1.71. The van der Waals surface area contributed by atoms with Crippen LogP contribution in [0.4, 0.5) is 10.5 Å². The molecule has 0 saturated heterocycles. The number of aryl methyl sites for hydroxylation is 2. The molecule has 7 heteroatoms. The number of nitrogens with one attached hydrogen (secondary N) is 3. The van der Waals surface area contributed by atoms with Gasteiger partial charge in [-0.3, -0.25) is 9.59 Å². The summed E-state index contributed by atoms with van der Waals surface area (Å²) in [6.45, 7) is 7.45. The van der Waals surface area contributed by atoms with E-state index < -0.39 is 11.7 Å². The van der Waals surface area contributed by atoms with Crippen LogP contribution < -0.4 is 16.0 Å². The summed E-state index contributed by atoms with van der Waals surface area (Å²) in [4.78, 5) is 35.6. The summed E-state index contributed by atoms with van der Waals surface area (Å²) >= 11 is 0. The summed E-state index contributed by atoms with van der Waals surface area (Å²) in [7, 11) is 0. The third-order valence-electron chi connectivity index (χ3n) is 4.40. The lowest BCUT2D eigenvalue weighted by Gasteiger charge is -2.19. The van der Waals surface area contributed by atoms with Crippen molar-refractivity contribution in [1.82, 2.24) is 10.6 Å². The average Bonchev–Trinajstić information content (AvgIpc) is 2.70. The van der Waals surface area contributed by atoms with Gasteiger partial charge in [-0.25, -0.2) is 4.79 Å². The van der Waals surface area contributed by atoms with Crippen molar-refractivity contribution in [3.05, 3.63) is 65.2 Å². The predicted octanol–water partition coefficient (Wildman–Crippen LogP) is 3.71. The second-order valence-corrected chi connectivity index (χ2v) is 8.30. The number of anilines is 1. The van der Waals surface area contributed by atoms with E-state index in [4.69, 9.17) is 4.74 Å². The number of rotatable bonds is 8. The molecule has 0 atom stereocenters. The molecule has 0 aliphatic carbocycles. The normalized spacial score (nSPS) is 10.8. The first-order valence-electron chi connectivity index (χ1n) is 10.3. The molecule has 2 aromatic carbocycles. The van der Waals surface area contributed by atoms with E-state index in [1.807, 2.05) is 43.3 Å². The van der Waals surface area contributed by atoms with Gasteiger partial charge in [0, 0.05) is 18.7 Å². The maximum atomic E-state index is 12.2. The molecule has 0 aliphatic rings. The number of alkyl carbamates (subject to hydrolysis) is 1. The smallest absolute Gasteiger partial charge is 0.408 e. The molecule has 0 aromatic heterocycles. The maximum Gasteiger partial charge on any atom is 0.408 e. The number of hydrogen-bond donors (Lipinski definition) is 3. The predicted molar refractivity (Wildman–Crippen MR) is 121 cm³/mol. The molecule has 0 radical (unpaired) electrons. The SMILES string of the molecule is Cc1ccccc1CCC(=O)Nc1ccc(CNC(=O)CNC(=O)OC(C)(C)C)cc1. The van der Waals surface area contributed by atoms with E-state index in [9.17, 15) is 14.4 Å². The largest absolute Gasteiger partial charge is 0.444 e. The van der Waals surface area contributed by atoms with Gasteiger partial charge < -0.3 is 20.7 Å². The van der Waals surface area contributed by atoms with Crippen molar-refractivity contribution in [2.75, 3.05) is 11.9 Å². The molecule has 3 N–H and O–H groups in total. The summed E-state index contributed by atoms with van der Waals surface area (Å²) in [5.74, 6) is -0.364. The Kier molecular flexibility index (Phi) is 8.61. The van der Waals surface area contributed by atoms with Crippen molar-refractivity contribution in [2.45, 2.75) is 52.7 Å². The Bertz CT molecular complexity index is 902. The quantitative estimate of drug-likeness (QED) is 0.601. The van der Waals surface area contributed by atoms with Gasteiger partial charge in [-0.05, 0) is 62.9 Å². The fourth-order valence-electron chi connectivity index (χ4n) is 2.80. The fraction of sp³-hybridized carbons (Fsp3) is 0.375. The van der Waals surface area contributed by atoms with Gasteiger partial charge in [0.15, 0.2) is 0 Å². The van der Waals surface area contributed by atoms with Gasteiger partial charge in [0.1, 0.15) is 12.1 Å². The second kappa shape index (κ2) is 11.2. The van der Waals surface area contributed by atoms with Crippen LogP contribution in [0.1, 0.15) is 43.9 Å². The van der Waals surface area contributed by atoms with Crippen molar-refractivity contribution < 1.29 is 19.1 Å². The number of benzene rings is 2. The summed E-state index contributed by atoms with van der Waals surface area (Å²) in [6, 6.07) is 15.3. The van der Waals surface area contributed by atoms with E-state index in [0.29, 0.717) is 25.1 Å². The number of carbonyl (C=O) groups is 3. The first-order valence-corrected chi connectivity index (χ1v) is 10.3. The maximum absolute atomic E-state index is 12.2. The van der Waals surface area contributed by atoms with Crippen LogP contribution >= 0.6 is 0 Å². The topological polar surface area (TPSA) is 96.5 Å². The molecule has 3 amide bonds. The first-order chi connectivity index (χ1) is 14.6. The van der Waals surface area contributed by atoms with E-state index in [1.165, 1.54) is 11.1 Å². The lowest BCUT2D eigenvalue weighted by atomic mass is 10.0. The Morgan fingerprint density at radius 2 is 1.58 bits per heavy atom. The van der Waals surface area contributed by atoms with E-state index in [-0.39, 0.29) is 18.4 Å². The highest BCUT2D eigenvalue weighted by atomic mass is 16.6. The molecule has 0 unspecified atom stereocenters. The Morgan fingerprint density at radius 3 is 2.23 bits per heavy atom. The molecular formula is C24H31N3O4. The van der Waals surface area contributed by atoms with Gasteiger partial charge >= 0.3 is 6.09 Å².